The first-order valence-corrected chi connectivity index (χ1v) is 31.2. The summed E-state index contributed by atoms with van der Waals surface area (Å²) in [6.07, 6.45) is 81.1. The van der Waals surface area contributed by atoms with E-state index in [1.165, 1.54) is 250 Å². The molecule has 5 heteroatoms. The van der Waals surface area contributed by atoms with Crippen LogP contribution in [0.5, 0.6) is 0 Å². The molecule has 0 aromatic rings. The van der Waals surface area contributed by atoms with E-state index in [0.29, 0.717) is 12.8 Å². The molecule has 0 aliphatic carbocycles. The minimum Gasteiger partial charge on any atom is -0.462 e. The van der Waals surface area contributed by atoms with Gasteiger partial charge in [-0.05, 0) is 51.4 Å². The van der Waals surface area contributed by atoms with Gasteiger partial charge in [0, 0.05) is 12.8 Å². The van der Waals surface area contributed by atoms with E-state index in [1.54, 1.807) is 0 Å². The summed E-state index contributed by atoms with van der Waals surface area (Å²) in [7, 11) is 0. The third-order valence-electron chi connectivity index (χ3n) is 14.1. The van der Waals surface area contributed by atoms with Gasteiger partial charge in [-0.3, -0.25) is 9.59 Å². The highest BCUT2D eigenvalue weighted by molar-refractivity contribution is 5.70. The molecule has 1 N–H and O–H groups in total. The third-order valence-corrected chi connectivity index (χ3v) is 14.1. The largest absolute Gasteiger partial charge is 0.462 e. The number of unbranched alkanes of at least 4 members (excludes halogenated alkanes) is 42. The summed E-state index contributed by atoms with van der Waals surface area (Å²) in [5, 5.41) is 9.68. The van der Waals surface area contributed by atoms with Gasteiger partial charge in [-0.1, -0.05) is 319 Å². The Labute approximate surface area is 437 Å². The molecule has 1 atom stereocenters. The van der Waals surface area contributed by atoms with Crippen LogP contribution in [0.25, 0.3) is 0 Å². The van der Waals surface area contributed by atoms with Crippen LogP contribution in [-0.2, 0) is 19.1 Å². The zero-order valence-corrected chi connectivity index (χ0v) is 47.0. The van der Waals surface area contributed by atoms with Gasteiger partial charge in [-0.15, -0.1) is 0 Å². The van der Waals surface area contributed by atoms with Gasteiger partial charge in [0.05, 0.1) is 6.61 Å². The van der Waals surface area contributed by atoms with Crippen molar-refractivity contribution in [2.45, 2.75) is 341 Å². The summed E-state index contributed by atoms with van der Waals surface area (Å²) in [4.78, 5) is 24.6. The molecule has 5 nitrogen and oxygen atoms in total. The maximum Gasteiger partial charge on any atom is 0.306 e. The number of hydrogen-bond donors (Lipinski definition) is 1. The van der Waals surface area contributed by atoms with Crippen LogP contribution < -0.4 is 0 Å². The Morgan fingerprint density at radius 1 is 0.343 bits per heavy atom. The molecule has 0 saturated carbocycles. The normalized spacial score (nSPS) is 12.4. The van der Waals surface area contributed by atoms with E-state index in [0.717, 1.165) is 57.8 Å². The van der Waals surface area contributed by atoms with Gasteiger partial charge in [0.1, 0.15) is 6.61 Å². The number of carbonyl (C=O) groups is 2. The molecule has 410 valence electrons. The van der Waals surface area contributed by atoms with E-state index >= 15 is 0 Å². The highest BCUT2D eigenvalue weighted by Crippen LogP contribution is 2.18. The quantitative estimate of drug-likeness (QED) is 0.0373. The molecular weight excluding hydrogens is 861 g/mol. The maximum atomic E-state index is 12.3. The van der Waals surface area contributed by atoms with Crippen molar-refractivity contribution in [1.82, 2.24) is 0 Å². The van der Waals surface area contributed by atoms with E-state index < -0.39 is 6.10 Å². The lowest BCUT2D eigenvalue weighted by Gasteiger charge is -2.15. The maximum absolute atomic E-state index is 12.3. The predicted octanol–water partition coefficient (Wildman–Crippen LogP) is 21.2. The summed E-state index contributed by atoms with van der Waals surface area (Å²) in [6, 6.07) is 0. The summed E-state index contributed by atoms with van der Waals surface area (Å²) in [5.74, 6) is -0.570. The van der Waals surface area contributed by atoms with Gasteiger partial charge in [0.2, 0.25) is 0 Å². The molecule has 0 bridgehead atoms. The first kappa shape index (κ1) is 67.9. The molecular formula is C65H120O5. The topological polar surface area (TPSA) is 72.8 Å². The predicted molar refractivity (Wildman–Crippen MR) is 307 cm³/mol. The number of allylic oxidation sites excluding steroid dienone is 8. The van der Waals surface area contributed by atoms with Crippen molar-refractivity contribution in [2.75, 3.05) is 13.2 Å². The summed E-state index contributed by atoms with van der Waals surface area (Å²) in [5.41, 5.74) is 0. The molecule has 0 aromatic carbocycles. The summed E-state index contributed by atoms with van der Waals surface area (Å²) < 4.78 is 10.7. The average molecular weight is 982 g/mol. The Kier molecular flexibility index (Phi) is 59.3. The van der Waals surface area contributed by atoms with Crippen LogP contribution >= 0.6 is 0 Å². The lowest BCUT2D eigenvalue weighted by molar-refractivity contribution is -0.161. The number of hydrogen-bond acceptors (Lipinski definition) is 5. The molecule has 0 spiro atoms. The molecule has 0 amide bonds. The number of rotatable bonds is 58. The minimum absolute atomic E-state index is 0.0600. The summed E-state index contributed by atoms with van der Waals surface area (Å²) in [6.45, 7) is 4.08. The van der Waals surface area contributed by atoms with Crippen LogP contribution in [0.3, 0.4) is 0 Å². The van der Waals surface area contributed by atoms with Crippen molar-refractivity contribution in [3.63, 3.8) is 0 Å². The van der Waals surface area contributed by atoms with E-state index in [-0.39, 0.29) is 25.2 Å². The van der Waals surface area contributed by atoms with Crippen LogP contribution in [0.2, 0.25) is 0 Å². The molecule has 0 aromatic heterocycles. The molecule has 0 heterocycles. The Morgan fingerprint density at radius 2 is 0.614 bits per heavy atom. The van der Waals surface area contributed by atoms with Crippen LogP contribution in [0, 0.1) is 0 Å². The van der Waals surface area contributed by atoms with E-state index in [1.807, 2.05) is 0 Å². The van der Waals surface area contributed by atoms with Gasteiger partial charge in [0.15, 0.2) is 6.10 Å². The van der Waals surface area contributed by atoms with Crippen molar-refractivity contribution in [1.29, 1.82) is 0 Å². The Balaban J connectivity index is 3.41. The molecule has 0 rings (SSSR count). The van der Waals surface area contributed by atoms with E-state index in [2.05, 4.69) is 62.5 Å². The fourth-order valence-corrected chi connectivity index (χ4v) is 9.49. The molecule has 1 unspecified atom stereocenters. The second kappa shape index (κ2) is 61.2. The fraction of sp³-hybridized carbons (Fsp3) is 0.846. The lowest BCUT2D eigenvalue weighted by atomic mass is 10.0. The van der Waals surface area contributed by atoms with E-state index in [4.69, 9.17) is 9.47 Å². The van der Waals surface area contributed by atoms with Crippen molar-refractivity contribution in [3.8, 4) is 0 Å². The smallest absolute Gasteiger partial charge is 0.306 e. The van der Waals surface area contributed by atoms with Crippen molar-refractivity contribution in [2.24, 2.45) is 0 Å². The SMILES string of the molecule is CC/C=C\C/C=C\C/C=C\C/C=C\CCCCCCCCCCCCCCCCCCCCC(=O)OC(CO)COC(=O)CCCCCCCCCCCCCCCCCCCCCCCCCCC. The van der Waals surface area contributed by atoms with Crippen molar-refractivity contribution in [3.05, 3.63) is 48.6 Å². The van der Waals surface area contributed by atoms with Crippen LogP contribution in [0.15, 0.2) is 48.6 Å². The Hall–Kier alpha value is -2.14. The summed E-state index contributed by atoms with van der Waals surface area (Å²) >= 11 is 0. The lowest BCUT2D eigenvalue weighted by Crippen LogP contribution is -2.28. The Morgan fingerprint density at radius 3 is 0.929 bits per heavy atom. The minimum atomic E-state index is -0.770. The van der Waals surface area contributed by atoms with Gasteiger partial charge in [-0.2, -0.15) is 0 Å². The van der Waals surface area contributed by atoms with Crippen molar-refractivity contribution >= 4 is 11.9 Å². The van der Waals surface area contributed by atoms with Crippen LogP contribution in [0.1, 0.15) is 335 Å². The highest BCUT2D eigenvalue weighted by atomic mass is 16.6. The third kappa shape index (κ3) is 58.4. The number of carbonyl (C=O) groups excluding carboxylic acids is 2. The molecule has 0 saturated heterocycles. The zero-order chi connectivity index (χ0) is 50.6. The van der Waals surface area contributed by atoms with Gasteiger partial charge < -0.3 is 14.6 Å². The van der Waals surface area contributed by atoms with Gasteiger partial charge in [0.25, 0.3) is 0 Å². The highest BCUT2D eigenvalue weighted by Gasteiger charge is 2.16. The van der Waals surface area contributed by atoms with Crippen molar-refractivity contribution < 1.29 is 24.2 Å². The zero-order valence-electron chi connectivity index (χ0n) is 47.0. The van der Waals surface area contributed by atoms with Crippen LogP contribution in [-0.4, -0.2) is 36.4 Å². The fourth-order valence-electron chi connectivity index (χ4n) is 9.49. The average Bonchev–Trinajstić information content (AvgIpc) is 3.36. The number of aliphatic hydroxyl groups is 1. The first-order chi connectivity index (χ1) is 34.6. The first-order valence-electron chi connectivity index (χ1n) is 31.2. The Bertz CT molecular complexity index is 1150. The monoisotopic (exact) mass is 981 g/mol. The van der Waals surface area contributed by atoms with Gasteiger partial charge >= 0.3 is 11.9 Å². The molecule has 0 fully saturated rings. The number of aliphatic hydroxyl groups excluding tert-OH is 1. The van der Waals surface area contributed by atoms with Gasteiger partial charge in [-0.25, -0.2) is 0 Å². The standard InChI is InChI=1S/C65H120O5/c1-3-5-7-9-11-13-15-17-19-21-23-25-27-29-30-31-32-33-34-36-38-40-42-44-46-48-50-52-54-56-58-60-65(68)70-63(61-66)62-69-64(67)59-57-55-53-51-49-47-45-43-41-39-37-35-28-26-24-22-20-18-16-14-12-10-8-6-4-2/h5,7,11,13,17,19,23,25,63,66H,3-4,6,8-10,12,14-16,18,20-22,24,26-62H2,1-2H3/b7-5-,13-11-,19-17-,25-23-. The molecule has 0 radical (unpaired) electrons. The second-order valence-corrected chi connectivity index (χ2v) is 21.1. The molecule has 0 aliphatic heterocycles. The second-order valence-electron chi connectivity index (χ2n) is 21.1. The molecule has 0 aliphatic rings. The number of esters is 2. The molecule has 70 heavy (non-hydrogen) atoms. The number of ether oxygens (including phenoxy) is 2. The van der Waals surface area contributed by atoms with Crippen LogP contribution in [0.4, 0.5) is 0 Å². The van der Waals surface area contributed by atoms with E-state index in [9.17, 15) is 14.7 Å².